The lowest BCUT2D eigenvalue weighted by molar-refractivity contribution is -0.138. The van der Waals surface area contributed by atoms with Gasteiger partial charge in [-0.1, -0.05) is 18.2 Å². The van der Waals surface area contributed by atoms with Crippen LogP contribution in [0.15, 0.2) is 78.8 Å². The summed E-state index contributed by atoms with van der Waals surface area (Å²) in [4.78, 5) is 40.0. The van der Waals surface area contributed by atoms with E-state index < -0.39 is 22.0 Å². The summed E-state index contributed by atoms with van der Waals surface area (Å²) in [5, 5.41) is 9.61. The summed E-state index contributed by atoms with van der Waals surface area (Å²) in [6, 6.07) is 11.1. The Labute approximate surface area is 236 Å². The quantitative estimate of drug-likeness (QED) is 0.404. The Bertz CT molecular complexity index is 1460. The minimum atomic E-state index is -4.12. The summed E-state index contributed by atoms with van der Waals surface area (Å²) in [5.41, 5.74) is 2.79. The molecule has 1 N–H and O–H groups in total. The predicted molar refractivity (Wildman–Crippen MR) is 145 cm³/mol. The molecule has 0 aromatic heterocycles. The number of aliphatic carboxylic acids is 1. The first-order valence-corrected chi connectivity index (χ1v) is 15.1. The third kappa shape index (κ3) is 4.87. The van der Waals surface area contributed by atoms with Crippen molar-refractivity contribution in [1.29, 1.82) is 0 Å². The lowest BCUT2D eigenvalue weighted by atomic mass is 9.71. The van der Waals surface area contributed by atoms with Crippen LogP contribution in [0.25, 0.3) is 0 Å². The van der Waals surface area contributed by atoms with Crippen LogP contribution in [-0.4, -0.2) is 42.5 Å². The lowest BCUT2D eigenvalue weighted by Gasteiger charge is -2.43. The van der Waals surface area contributed by atoms with Gasteiger partial charge in [-0.25, -0.2) is 0 Å². The van der Waals surface area contributed by atoms with E-state index in [9.17, 15) is 27.9 Å². The zero-order valence-corrected chi connectivity index (χ0v) is 24.1. The number of hydrogen-bond donors (Lipinski definition) is 1. The Hall–Kier alpha value is -2.76. The summed E-state index contributed by atoms with van der Waals surface area (Å²) in [6.45, 7) is -0.317. The van der Waals surface area contributed by atoms with Gasteiger partial charge in [-0.3, -0.25) is 14.4 Å². The van der Waals surface area contributed by atoms with Gasteiger partial charge in [0.25, 0.3) is 0 Å². The van der Waals surface area contributed by atoms with E-state index in [2.05, 4.69) is 31.9 Å². The Morgan fingerprint density at radius 3 is 1.95 bits per heavy atom. The molecule has 0 saturated carbocycles. The minimum absolute atomic E-state index is 0.00104. The molecule has 0 bridgehead atoms. The Morgan fingerprint density at radius 1 is 0.921 bits per heavy atom. The smallest absolute Gasteiger partial charge is 0.339 e. The number of carbonyl (C=O) groups excluding carboxylic acids is 2. The number of ketones is 2. The maximum atomic E-state index is 13.3. The van der Waals surface area contributed by atoms with Gasteiger partial charge in [-0.05, 0) is 87.4 Å². The molecule has 198 valence electrons. The molecule has 0 spiro atoms. The van der Waals surface area contributed by atoms with Crippen molar-refractivity contribution in [2.45, 2.75) is 49.3 Å². The van der Waals surface area contributed by atoms with Crippen molar-refractivity contribution < 1.29 is 32.1 Å². The zero-order valence-electron chi connectivity index (χ0n) is 20.1. The third-order valence-corrected chi connectivity index (χ3v) is 9.37. The average molecular weight is 665 g/mol. The van der Waals surface area contributed by atoms with Crippen molar-refractivity contribution in [2.75, 3.05) is 6.54 Å². The number of carbonyl (C=O) groups is 3. The van der Waals surface area contributed by atoms with Gasteiger partial charge in [0, 0.05) is 41.3 Å². The molecule has 11 heteroatoms. The maximum absolute atomic E-state index is 13.3. The fourth-order valence-electron chi connectivity index (χ4n) is 5.45. The summed E-state index contributed by atoms with van der Waals surface area (Å²) in [5.74, 6) is -1.91. The van der Waals surface area contributed by atoms with Crippen molar-refractivity contribution in [3.8, 4) is 5.75 Å². The fraction of sp³-hybridized carbons (Fsp3) is 0.296. The third-order valence-electron chi connectivity index (χ3n) is 6.96. The number of hydrogen-bond acceptors (Lipinski definition) is 7. The lowest BCUT2D eigenvalue weighted by Crippen LogP contribution is -2.41. The Kier molecular flexibility index (Phi) is 7.36. The van der Waals surface area contributed by atoms with Gasteiger partial charge in [-0.15, -0.1) is 0 Å². The summed E-state index contributed by atoms with van der Waals surface area (Å²) < 4.78 is 31.8. The van der Waals surface area contributed by atoms with Crippen LogP contribution in [0.4, 0.5) is 0 Å². The monoisotopic (exact) mass is 663 g/mol. The van der Waals surface area contributed by atoms with Crippen molar-refractivity contribution in [3.05, 3.63) is 79.5 Å². The largest absolute Gasteiger partial charge is 0.480 e. The standard InChI is InChI=1S/C27H23Br2NO7S/c28-17-12-15(13-18(29)27(17)37-38(35,36)16-6-2-1-3-7-16)24-25-19(8-4-10-21(25)31)30(14-23(33)34)20-9-5-11-22(32)26(20)24/h1-3,6-7,12-13,24H,4-5,8-11,14H2,(H,33,34). The van der Waals surface area contributed by atoms with Crippen LogP contribution in [0.2, 0.25) is 0 Å². The first-order chi connectivity index (χ1) is 18.1. The van der Waals surface area contributed by atoms with E-state index in [1.165, 1.54) is 12.1 Å². The molecule has 0 fully saturated rings. The minimum Gasteiger partial charge on any atom is -0.480 e. The molecule has 0 atom stereocenters. The second-order valence-corrected chi connectivity index (χ2v) is 12.6. The topological polar surface area (TPSA) is 118 Å². The van der Waals surface area contributed by atoms with E-state index in [1.807, 2.05) is 0 Å². The molecule has 0 saturated heterocycles. The summed E-state index contributed by atoms with van der Waals surface area (Å²) in [6.07, 6.45) is 2.91. The van der Waals surface area contributed by atoms with E-state index in [0.717, 1.165) is 0 Å². The van der Waals surface area contributed by atoms with Gasteiger partial charge >= 0.3 is 16.1 Å². The highest BCUT2D eigenvalue weighted by Crippen LogP contribution is 2.50. The summed E-state index contributed by atoms with van der Waals surface area (Å²) >= 11 is 6.86. The number of benzene rings is 2. The van der Waals surface area contributed by atoms with Gasteiger partial charge in [0.15, 0.2) is 17.3 Å². The summed E-state index contributed by atoms with van der Waals surface area (Å²) in [7, 11) is -4.12. The highest BCUT2D eigenvalue weighted by atomic mass is 79.9. The van der Waals surface area contributed by atoms with Crippen LogP contribution >= 0.6 is 31.9 Å². The molecular formula is C27H23Br2NO7S. The van der Waals surface area contributed by atoms with Crippen molar-refractivity contribution in [1.82, 2.24) is 4.90 Å². The van der Waals surface area contributed by atoms with Gasteiger partial charge in [0.05, 0.1) is 8.95 Å². The molecule has 2 aliphatic carbocycles. The van der Waals surface area contributed by atoms with Gasteiger partial charge in [0.2, 0.25) is 0 Å². The Morgan fingerprint density at radius 2 is 1.45 bits per heavy atom. The van der Waals surface area contributed by atoms with Gasteiger partial charge in [0.1, 0.15) is 11.4 Å². The molecule has 8 nitrogen and oxygen atoms in total. The van der Waals surface area contributed by atoms with Crippen LogP contribution < -0.4 is 4.18 Å². The van der Waals surface area contributed by atoms with E-state index in [0.29, 0.717) is 75.6 Å². The number of carboxylic acids is 1. The first kappa shape index (κ1) is 26.8. The maximum Gasteiger partial charge on any atom is 0.339 e. The molecule has 1 heterocycles. The molecule has 2 aromatic carbocycles. The average Bonchev–Trinajstić information content (AvgIpc) is 2.87. The van der Waals surface area contributed by atoms with Crippen LogP contribution in [0.5, 0.6) is 5.75 Å². The van der Waals surface area contributed by atoms with Crippen molar-refractivity contribution in [2.24, 2.45) is 0 Å². The molecular weight excluding hydrogens is 642 g/mol. The second kappa shape index (κ2) is 10.4. The van der Waals surface area contributed by atoms with Crippen molar-refractivity contribution >= 4 is 59.5 Å². The number of halogens is 2. The van der Waals surface area contributed by atoms with Crippen molar-refractivity contribution in [3.63, 3.8) is 0 Å². The predicted octanol–water partition coefficient (Wildman–Crippen LogP) is 5.48. The SMILES string of the molecule is O=C(O)CN1C2=C(C(=O)CCC2)C(c2cc(Br)c(OS(=O)(=O)c3ccccc3)c(Br)c2)C2=C1CCCC2=O. The highest BCUT2D eigenvalue weighted by Gasteiger charge is 2.44. The molecule has 38 heavy (non-hydrogen) atoms. The number of nitrogens with zero attached hydrogens (tertiary/aromatic N) is 1. The molecule has 5 rings (SSSR count). The van der Waals surface area contributed by atoms with E-state index in [1.54, 1.807) is 35.2 Å². The highest BCUT2D eigenvalue weighted by molar-refractivity contribution is 9.11. The number of carboxylic acid groups (broad SMARTS) is 1. The molecule has 1 aliphatic heterocycles. The van der Waals surface area contributed by atoms with Gasteiger partial charge < -0.3 is 14.2 Å². The van der Waals surface area contributed by atoms with E-state index in [4.69, 9.17) is 4.18 Å². The molecule has 0 radical (unpaired) electrons. The van der Waals surface area contributed by atoms with Crippen LogP contribution in [0.3, 0.4) is 0 Å². The van der Waals surface area contributed by atoms with Crippen LogP contribution in [-0.2, 0) is 24.5 Å². The first-order valence-electron chi connectivity index (χ1n) is 12.1. The van der Waals surface area contributed by atoms with Crippen LogP contribution in [0, 0.1) is 0 Å². The van der Waals surface area contributed by atoms with E-state index in [-0.39, 0.29) is 28.8 Å². The fourth-order valence-corrected chi connectivity index (χ4v) is 8.03. The molecule has 0 amide bonds. The molecule has 0 unspecified atom stereocenters. The molecule has 3 aliphatic rings. The zero-order chi connectivity index (χ0) is 27.2. The number of Topliss-reactive ketones (excluding diaryl/α,β-unsaturated/α-hetero) is 2. The van der Waals surface area contributed by atoms with Crippen LogP contribution in [0.1, 0.15) is 50.0 Å². The normalized spacial score (nSPS) is 18.4. The molecule has 2 aromatic rings. The van der Waals surface area contributed by atoms with E-state index >= 15 is 0 Å². The number of allylic oxidation sites excluding steroid dienone is 4. The number of rotatable bonds is 6. The second-order valence-electron chi connectivity index (χ2n) is 9.35. The Balaban J connectivity index is 1.64. The van der Waals surface area contributed by atoms with Gasteiger partial charge in [-0.2, -0.15) is 8.42 Å².